The zero-order chi connectivity index (χ0) is 15.2. The predicted octanol–water partition coefficient (Wildman–Crippen LogP) is 1.93. The van der Waals surface area contributed by atoms with Crippen molar-refractivity contribution >= 4 is 17.5 Å². The number of ether oxygens (including phenoxy) is 1. The smallest absolute Gasteiger partial charge is 0.229 e. The van der Waals surface area contributed by atoms with Gasteiger partial charge in [-0.2, -0.15) is 0 Å². The molecule has 2 aliphatic rings. The van der Waals surface area contributed by atoms with E-state index in [2.05, 4.69) is 5.32 Å². The molecule has 1 aromatic rings. The summed E-state index contributed by atoms with van der Waals surface area (Å²) >= 11 is 0. The van der Waals surface area contributed by atoms with E-state index in [1.54, 1.807) is 6.07 Å². The second-order valence-electron chi connectivity index (χ2n) is 5.94. The van der Waals surface area contributed by atoms with Gasteiger partial charge in [-0.05, 0) is 26.0 Å². The minimum atomic E-state index is -0.617. The molecular formula is C15H17FN2O3. The first-order chi connectivity index (χ1) is 9.87. The van der Waals surface area contributed by atoms with Gasteiger partial charge in [-0.25, -0.2) is 4.39 Å². The minimum Gasteiger partial charge on any atom is -0.483 e. The van der Waals surface area contributed by atoms with Gasteiger partial charge in [-0.15, -0.1) is 0 Å². The first-order valence-corrected chi connectivity index (χ1v) is 6.95. The number of carbonyl (C=O) groups excluding carboxylic acids is 2. The van der Waals surface area contributed by atoms with Crippen molar-refractivity contribution in [2.75, 3.05) is 11.9 Å². The third-order valence-electron chi connectivity index (χ3n) is 4.00. The van der Waals surface area contributed by atoms with Crippen LogP contribution < -0.4 is 10.1 Å². The highest BCUT2D eigenvalue weighted by Gasteiger charge is 2.41. The molecule has 0 radical (unpaired) electrons. The molecule has 2 heterocycles. The lowest BCUT2D eigenvalue weighted by Crippen LogP contribution is -2.55. The summed E-state index contributed by atoms with van der Waals surface area (Å²) in [7, 11) is 0. The van der Waals surface area contributed by atoms with Crippen LogP contribution in [0.3, 0.4) is 0 Å². The molecule has 1 unspecified atom stereocenters. The molecule has 0 bridgehead atoms. The van der Waals surface area contributed by atoms with Gasteiger partial charge in [-0.1, -0.05) is 0 Å². The van der Waals surface area contributed by atoms with Gasteiger partial charge in [0, 0.05) is 18.9 Å². The summed E-state index contributed by atoms with van der Waals surface area (Å²) in [5, 5.41) is 3.18. The van der Waals surface area contributed by atoms with E-state index in [1.807, 2.05) is 13.8 Å². The Balaban J connectivity index is 1.85. The number of likely N-dealkylation sites (tertiary alicyclic amines) is 1. The quantitative estimate of drug-likeness (QED) is 0.846. The van der Waals surface area contributed by atoms with Gasteiger partial charge in [0.15, 0.2) is 0 Å². The molecule has 2 amide bonds. The third kappa shape index (κ3) is 2.46. The Morgan fingerprint density at radius 3 is 2.67 bits per heavy atom. The maximum Gasteiger partial charge on any atom is 0.229 e. The number of rotatable bonds is 2. The second kappa shape index (κ2) is 4.72. The number of amides is 2. The summed E-state index contributed by atoms with van der Waals surface area (Å²) < 4.78 is 19.2. The van der Waals surface area contributed by atoms with E-state index < -0.39 is 5.60 Å². The first kappa shape index (κ1) is 13.9. The van der Waals surface area contributed by atoms with E-state index >= 15 is 0 Å². The Morgan fingerprint density at radius 1 is 1.33 bits per heavy atom. The van der Waals surface area contributed by atoms with Gasteiger partial charge in [0.1, 0.15) is 17.2 Å². The van der Waals surface area contributed by atoms with E-state index in [1.165, 1.54) is 17.0 Å². The fraction of sp³-hybridized carbons (Fsp3) is 0.467. The molecule has 1 fully saturated rings. The van der Waals surface area contributed by atoms with Crippen LogP contribution in [0.25, 0.3) is 0 Å². The summed E-state index contributed by atoms with van der Waals surface area (Å²) in [6, 6.07) is 3.97. The predicted molar refractivity (Wildman–Crippen MR) is 74.5 cm³/mol. The van der Waals surface area contributed by atoms with Crippen molar-refractivity contribution in [1.29, 1.82) is 0 Å². The van der Waals surface area contributed by atoms with Crippen LogP contribution >= 0.6 is 0 Å². The van der Waals surface area contributed by atoms with Crippen molar-refractivity contribution in [3.8, 4) is 5.75 Å². The van der Waals surface area contributed by atoms with Crippen LogP contribution in [0.4, 0.5) is 10.1 Å². The topological polar surface area (TPSA) is 58.6 Å². The van der Waals surface area contributed by atoms with Gasteiger partial charge in [0.05, 0.1) is 18.3 Å². The molecule has 6 heteroatoms. The van der Waals surface area contributed by atoms with Gasteiger partial charge < -0.3 is 10.1 Å². The number of nitrogens with zero attached hydrogens (tertiary/aromatic N) is 1. The first-order valence-electron chi connectivity index (χ1n) is 6.95. The summed E-state index contributed by atoms with van der Waals surface area (Å²) in [6.45, 7) is 3.98. The Kier molecular flexibility index (Phi) is 3.11. The maximum absolute atomic E-state index is 13.3. The molecule has 0 aromatic heterocycles. The minimum absolute atomic E-state index is 0.164. The molecule has 0 aliphatic carbocycles. The van der Waals surface area contributed by atoms with Crippen LogP contribution in [-0.2, 0) is 9.59 Å². The lowest BCUT2D eigenvalue weighted by molar-refractivity contribution is -0.139. The number of benzene rings is 1. The van der Waals surface area contributed by atoms with Crippen LogP contribution in [0.1, 0.15) is 26.7 Å². The highest BCUT2D eigenvalue weighted by Crippen LogP contribution is 2.36. The number of hydrogen-bond acceptors (Lipinski definition) is 4. The highest BCUT2D eigenvalue weighted by molar-refractivity contribution is 6.02. The monoisotopic (exact) mass is 292 g/mol. The van der Waals surface area contributed by atoms with Gasteiger partial charge in [0.25, 0.3) is 0 Å². The average molecular weight is 292 g/mol. The number of halogens is 1. The van der Waals surface area contributed by atoms with Crippen molar-refractivity contribution in [3.05, 3.63) is 24.0 Å². The molecule has 0 saturated carbocycles. The average Bonchev–Trinajstić information content (AvgIpc) is 2.71. The number of anilines is 1. The van der Waals surface area contributed by atoms with E-state index in [9.17, 15) is 14.0 Å². The molecule has 0 spiro atoms. The molecule has 1 N–H and O–H groups in total. The fourth-order valence-electron chi connectivity index (χ4n) is 2.69. The Labute approximate surface area is 122 Å². The fourth-order valence-corrected chi connectivity index (χ4v) is 2.69. The Hall–Kier alpha value is -2.11. The van der Waals surface area contributed by atoms with Gasteiger partial charge >= 0.3 is 0 Å². The van der Waals surface area contributed by atoms with Crippen LogP contribution in [0.15, 0.2) is 18.2 Å². The van der Waals surface area contributed by atoms with Crippen LogP contribution in [0, 0.1) is 5.82 Å². The molecule has 21 heavy (non-hydrogen) atoms. The molecule has 1 saturated heterocycles. The lowest BCUT2D eigenvalue weighted by Gasteiger charge is -2.42. The van der Waals surface area contributed by atoms with E-state index in [-0.39, 0.29) is 43.1 Å². The largest absolute Gasteiger partial charge is 0.483 e. The van der Waals surface area contributed by atoms with Crippen LogP contribution in [0.2, 0.25) is 0 Å². The summed E-state index contributed by atoms with van der Waals surface area (Å²) in [5.74, 6) is -0.126. The summed E-state index contributed by atoms with van der Waals surface area (Å²) in [4.78, 5) is 24.7. The second-order valence-corrected chi connectivity index (χ2v) is 5.94. The van der Waals surface area contributed by atoms with Crippen molar-refractivity contribution in [2.45, 2.75) is 38.3 Å². The molecule has 3 rings (SSSR count). The van der Waals surface area contributed by atoms with Crippen molar-refractivity contribution in [3.63, 3.8) is 0 Å². The highest BCUT2D eigenvalue weighted by atomic mass is 19.1. The number of carbonyl (C=O) groups is 2. The number of imide groups is 1. The Morgan fingerprint density at radius 2 is 2.00 bits per heavy atom. The molecule has 1 aromatic carbocycles. The van der Waals surface area contributed by atoms with Gasteiger partial charge in [-0.3, -0.25) is 14.5 Å². The standard InChI is InChI=1S/C15H17FN2O3/c1-15(2)12(8-18-13(19)5-6-14(18)20)17-10-7-9(16)3-4-11(10)21-15/h3-4,7,12,17H,5-6,8H2,1-2H3. The SMILES string of the molecule is CC1(C)Oc2ccc(F)cc2NC1CN1C(=O)CCC1=O. The number of hydrogen-bond donors (Lipinski definition) is 1. The normalized spacial score (nSPS) is 23.6. The molecule has 2 aliphatic heterocycles. The number of nitrogens with one attached hydrogen (secondary N) is 1. The van der Waals surface area contributed by atoms with E-state index in [0.717, 1.165) is 0 Å². The zero-order valence-electron chi connectivity index (χ0n) is 12.0. The van der Waals surface area contributed by atoms with Crippen LogP contribution in [-0.4, -0.2) is 34.9 Å². The lowest BCUT2D eigenvalue weighted by atomic mass is 9.95. The molecule has 1 atom stereocenters. The summed E-state index contributed by atoms with van der Waals surface area (Å²) in [6.07, 6.45) is 0.524. The van der Waals surface area contributed by atoms with E-state index in [4.69, 9.17) is 4.74 Å². The molecular weight excluding hydrogens is 275 g/mol. The maximum atomic E-state index is 13.3. The van der Waals surface area contributed by atoms with Crippen molar-refractivity contribution in [1.82, 2.24) is 4.90 Å². The van der Waals surface area contributed by atoms with E-state index in [0.29, 0.717) is 11.4 Å². The Bertz CT molecular complexity index is 599. The molecule has 112 valence electrons. The van der Waals surface area contributed by atoms with Crippen LogP contribution in [0.5, 0.6) is 5.75 Å². The summed E-state index contributed by atoms with van der Waals surface area (Å²) in [5.41, 5.74) is -0.0769. The van der Waals surface area contributed by atoms with Crippen molar-refractivity contribution in [2.24, 2.45) is 0 Å². The third-order valence-corrected chi connectivity index (χ3v) is 4.00. The zero-order valence-corrected chi connectivity index (χ0v) is 12.0. The van der Waals surface area contributed by atoms with Crippen molar-refractivity contribution < 1.29 is 18.7 Å². The number of fused-ring (bicyclic) bond motifs is 1. The van der Waals surface area contributed by atoms with Gasteiger partial charge in [0.2, 0.25) is 11.8 Å². The molecule has 5 nitrogen and oxygen atoms in total.